The van der Waals surface area contributed by atoms with Gasteiger partial charge in [-0.3, -0.25) is 14.8 Å². The van der Waals surface area contributed by atoms with Crippen LogP contribution in [-0.4, -0.2) is 118 Å². The molecular formula is C49H59N7O8S. The van der Waals surface area contributed by atoms with E-state index in [-0.39, 0.29) is 46.7 Å². The summed E-state index contributed by atoms with van der Waals surface area (Å²) in [6, 6.07) is 17.3. The number of ether oxygens (including phenoxy) is 3. The van der Waals surface area contributed by atoms with Crippen LogP contribution in [0, 0.1) is 23.2 Å². The molecule has 1 amide bonds. The van der Waals surface area contributed by atoms with Gasteiger partial charge in [-0.05, 0) is 117 Å². The molecule has 3 N–H and O–H groups in total. The minimum Gasteiger partial charge on any atom is -0.480 e. The number of carbonyl (C=O) groups is 3. The third-order valence-corrected chi connectivity index (χ3v) is 15.0. The molecule has 4 bridgehead atoms. The first-order chi connectivity index (χ1) is 31.1. The van der Waals surface area contributed by atoms with E-state index in [4.69, 9.17) is 29.4 Å². The average molecular weight is 906 g/mol. The molecule has 4 fully saturated rings. The number of aromatic nitrogens is 4. The molecule has 15 nitrogen and oxygen atoms in total. The summed E-state index contributed by atoms with van der Waals surface area (Å²) in [5.41, 5.74) is 5.64. The van der Waals surface area contributed by atoms with Crippen LogP contribution in [0.5, 0.6) is 0 Å². The lowest BCUT2D eigenvalue weighted by Crippen LogP contribution is -2.64. The molecule has 3 aromatic heterocycles. The van der Waals surface area contributed by atoms with Gasteiger partial charge in [0.05, 0.1) is 48.4 Å². The Kier molecular flexibility index (Phi) is 12.3. The van der Waals surface area contributed by atoms with Crippen molar-refractivity contribution in [3.05, 3.63) is 88.9 Å². The zero-order valence-electron chi connectivity index (χ0n) is 37.7. The van der Waals surface area contributed by atoms with E-state index in [1.807, 2.05) is 66.4 Å². The lowest BCUT2D eigenvalue weighted by atomic mass is 9.39. The lowest BCUT2D eigenvalue weighted by molar-refractivity contribution is -0.248. The maximum absolute atomic E-state index is 13.7. The Morgan fingerprint density at radius 2 is 1.63 bits per heavy atom. The van der Waals surface area contributed by atoms with E-state index in [0.717, 1.165) is 84.3 Å². The quantitative estimate of drug-likeness (QED) is 0.0692. The van der Waals surface area contributed by atoms with E-state index < -0.39 is 11.9 Å². The van der Waals surface area contributed by atoms with Gasteiger partial charge >= 0.3 is 11.9 Å². The number of likely N-dealkylation sites (N-methyl/N-ethyl adjacent to an activating group) is 1. The van der Waals surface area contributed by atoms with Gasteiger partial charge in [0.2, 0.25) is 0 Å². The second-order valence-corrected chi connectivity index (χ2v) is 20.8. The summed E-state index contributed by atoms with van der Waals surface area (Å²) in [5, 5.41) is 27.8. The smallest absolute Gasteiger partial charge is 0.355 e. The number of rotatable bonds is 19. The summed E-state index contributed by atoms with van der Waals surface area (Å²) >= 11 is 1.44. The highest BCUT2D eigenvalue weighted by molar-refractivity contribution is 7.22. The highest BCUT2D eigenvalue weighted by Gasteiger charge is 2.66. The van der Waals surface area contributed by atoms with Crippen LogP contribution in [0.2, 0.25) is 0 Å². The van der Waals surface area contributed by atoms with Gasteiger partial charge in [-0.1, -0.05) is 49.4 Å². The van der Waals surface area contributed by atoms with Crippen LogP contribution in [-0.2, 0) is 38.5 Å². The SMILES string of the molecule is Cc1c(-c2ccc(N3CCc4cccc(C(=O)Nc5nc6ccccc6s5)c4C3)nc2C(=O)O)cnn1CC12CC3(C)CC(C)(C1)CC(OCCN(C)CCOCCOCC(=O)O)(C3)C2. The Morgan fingerprint density at radius 1 is 0.862 bits per heavy atom. The number of nitrogens with one attached hydrogen (secondary N) is 1. The summed E-state index contributed by atoms with van der Waals surface area (Å²) < 4.78 is 20.7. The van der Waals surface area contributed by atoms with Gasteiger partial charge in [0.1, 0.15) is 12.4 Å². The number of para-hydroxylation sites is 1. The van der Waals surface area contributed by atoms with Crippen LogP contribution in [0.3, 0.4) is 0 Å². The summed E-state index contributed by atoms with van der Waals surface area (Å²) in [4.78, 5) is 50.9. The van der Waals surface area contributed by atoms with Gasteiger partial charge in [0, 0.05) is 55.1 Å². The third kappa shape index (κ3) is 9.55. The van der Waals surface area contributed by atoms with Crippen molar-refractivity contribution < 1.29 is 38.8 Å². The molecule has 2 atom stereocenters. The topological polar surface area (TPSA) is 181 Å². The fourth-order valence-corrected chi connectivity index (χ4v) is 13.4. The number of aromatic carboxylic acids is 1. The average Bonchev–Trinajstić information content (AvgIpc) is 3.82. The van der Waals surface area contributed by atoms with E-state index >= 15 is 0 Å². The lowest BCUT2D eigenvalue weighted by Gasteiger charge is -2.69. The van der Waals surface area contributed by atoms with E-state index in [2.05, 4.69) is 40.8 Å². The molecule has 5 aromatic rings. The molecule has 16 heteroatoms. The molecule has 0 spiro atoms. The number of carboxylic acid groups (broad SMARTS) is 2. The molecule has 4 saturated carbocycles. The minimum absolute atomic E-state index is 0.0127. The number of hydrogen-bond donors (Lipinski definition) is 3. The molecule has 4 aliphatic carbocycles. The summed E-state index contributed by atoms with van der Waals surface area (Å²) in [6.45, 7) is 11.6. The van der Waals surface area contributed by atoms with Gasteiger partial charge in [0.15, 0.2) is 10.8 Å². The Morgan fingerprint density at radius 3 is 2.40 bits per heavy atom. The van der Waals surface area contributed by atoms with Gasteiger partial charge in [-0.15, -0.1) is 0 Å². The number of carboxylic acids is 2. The van der Waals surface area contributed by atoms with Gasteiger partial charge in [-0.25, -0.2) is 19.6 Å². The summed E-state index contributed by atoms with van der Waals surface area (Å²) in [7, 11) is 2.06. The van der Waals surface area contributed by atoms with Crippen LogP contribution in [0.15, 0.2) is 60.8 Å². The molecule has 65 heavy (non-hydrogen) atoms. The minimum atomic E-state index is -1.11. The van der Waals surface area contributed by atoms with Crippen LogP contribution >= 0.6 is 11.3 Å². The molecule has 344 valence electrons. The Labute approximate surface area is 383 Å². The Balaban J connectivity index is 0.873. The number of carbonyl (C=O) groups excluding carboxylic acids is 1. The van der Waals surface area contributed by atoms with Crippen molar-refractivity contribution in [3.63, 3.8) is 0 Å². The van der Waals surface area contributed by atoms with E-state index in [9.17, 15) is 19.5 Å². The van der Waals surface area contributed by atoms with Crippen molar-refractivity contribution in [2.75, 3.05) is 69.9 Å². The van der Waals surface area contributed by atoms with Gasteiger partial charge in [0.25, 0.3) is 5.91 Å². The van der Waals surface area contributed by atoms with Gasteiger partial charge < -0.3 is 34.2 Å². The van der Waals surface area contributed by atoms with Crippen molar-refractivity contribution in [1.82, 2.24) is 24.6 Å². The fraction of sp³-hybridized carbons (Fsp3) is 0.510. The van der Waals surface area contributed by atoms with Crippen LogP contribution in [0.25, 0.3) is 21.3 Å². The predicted molar refractivity (Wildman–Crippen MR) is 248 cm³/mol. The number of anilines is 2. The zero-order valence-corrected chi connectivity index (χ0v) is 38.5. The first-order valence-corrected chi connectivity index (χ1v) is 23.4. The van der Waals surface area contributed by atoms with Gasteiger partial charge in [-0.2, -0.15) is 5.10 Å². The number of fused-ring (bicyclic) bond motifs is 2. The van der Waals surface area contributed by atoms with Crippen molar-refractivity contribution >= 4 is 50.3 Å². The second kappa shape index (κ2) is 17.9. The first kappa shape index (κ1) is 44.9. The Bertz CT molecular complexity index is 2560. The standard InChI is InChI=1S/C49H59N7O8S/c1-32-36(22-50-56(32)31-48-26-46(2)25-47(3,27-48)29-49(28-46,30-48)64-19-17-54(4)16-18-62-20-21-63-24-41(57)58)34-12-13-40(52-42(34)44(60)61)55-15-14-33-8-7-9-35(37(33)23-55)43(59)53-45-51-38-10-5-6-11-39(38)65-45/h5-13,22H,14-21,23-31H2,1-4H3,(H,57,58)(H,60,61)(H,51,53,59). The monoisotopic (exact) mass is 905 g/mol. The molecule has 0 saturated heterocycles. The maximum atomic E-state index is 13.7. The van der Waals surface area contributed by atoms with Crippen molar-refractivity contribution in [1.29, 1.82) is 0 Å². The van der Waals surface area contributed by atoms with E-state index in [1.54, 1.807) is 6.20 Å². The summed E-state index contributed by atoms with van der Waals surface area (Å²) in [5.74, 6) is -1.78. The maximum Gasteiger partial charge on any atom is 0.355 e. The normalized spacial score (nSPS) is 24.5. The summed E-state index contributed by atoms with van der Waals surface area (Å²) in [6.07, 6.45) is 8.92. The van der Waals surface area contributed by atoms with E-state index in [0.29, 0.717) is 61.4 Å². The number of hydrogen-bond acceptors (Lipinski definition) is 12. The zero-order chi connectivity index (χ0) is 45.6. The molecule has 0 radical (unpaired) electrons. The van der Waals surface area contributed by atoms with Crippen molar-refractivity contribution in [3.8, 4) is 11.1 Å². The van der Waals surface area contributed by atoms with Crippen molar-refractivity contribution in [2.45, 2.75) is 84.4 Å². The van der Waals surface area contributed by atoms with Crippen LogP contribution < -0.4 is 10.2 Å². The van der Waals surface area contributed by atoms with Crippen LogP contribution in [0.4, 0.5) is 10.9 Å². The molecule has 1 aliphatic heterocycles. The second-order valence-electron chi connectivity index (χ2n) is 19.8. The number of amides is 1. The highest BCUT2D eigenvalue weighted by atomic mass is 32.1. The highest BCUT2D eigenvalue weighted by Crippen LogP contribution is 2.72. The molecular weight excluding hydrogens is 847 g/mol. The molecule has 4 heterocycles. The fourth-order valence-electron chi connectivity index (χ4n) is 12.6. The number of benzene rings is 2. The number of nitrogens with zero attached hydrogens (tertiary/aromatic N) is 6. The van der Waals surface area contributed by atoms with Crippen LogP contribution in [0.1, 0.15) is 90.0 Å². The van der Waals surface area contributed by atoms with E-state index in [1.165, 1.54) is 17.8 Å². The molecule has 5 aliphatic rings. The third-order valence-electron chi connectivity index (χ3n) is 14.1. The Hall–Kier alpha value is -5.26. The molecule has 2 unspecified atom stereocenters. The predicted octanol–water partition coefficient (Wildman–Crippen LogP) is 7.56. The molecule has 10 rings (SSSR count). The first-order valence-electron chi connectivity index (χ1n) is 22.6. The molecule has 2 aromatic carbocycles. The largest absolute Gasteiger partial charge is 0.480 e. The number of pyridine rings is 1. The number of aliphatic carboxylic acids is 1. The van der Waals surface area contributed by atoms with Crippen molar-refractivity contribution in [2.24, 2.45) is 16.2 Å². The number of thiazole rings is 1.